The first kappa shape index (κ1) is 18.3. The van der Waals surface area contributed by atoms with Gasteiger partial charge in [0.2, 0.25) is 5.89 Å². The zero-order valence-corrected chi connectivity index (χ0v) is 16.6. The van der Waals surface area contributed by atoms with Crippen molar-refractivity contribution in [2.75, 3.05) is 5.75 Å². The van der Waals surface area contributed by atoms with Crippen LogP contribution in [0, 0.1) is 0 Å². The lowest BCUT2D eigenvalue weighted by atomic mass is 10.0. The van der Waals surface area contributed by atoms with Gasteiger partial charge in [-0.1, -0.05) is 60.3 Å². The van der Waals surface area contributed by atoms with Crippen molar-refractivity contribution in [2.45, 2.75) is 5.22 Å². The van der Waals surface area contributed by atoms with Crippen molar-refractivity contribution in [1.82, 2.24) is 20.2 Å². The zero-order valence-electron chi connectivity index (χ0n) is 15.8. The van der Waals surface area contributed by atoms with Gasteiger partial charge in [0.25, 0.3) is 5.22 Å². The molecule has 0 radical (unpaired) electrons. The first-order chi connectivity index (χ1) is 14.8. The minimum atomic E-state index is -0.00238. The minimum Gasteiger partial charge on any atom is -0.411 e. The Morgan fingerprint density at radius 3 is 2.57 bits per heavy atom. The lowest BCUT2D eigenvalue weighted by Gasteiger charge is -2.04. The molecule has 146 valence electrons. The van der Waals surface area contributed by atoms with Gasteiger partial charge < -0.3 is 9.40 Å². The van der Waals surface area contributed by atoms with Crippen LogP contribution in [0.5, 0.6) is 0 Å². The van der Waals surface area contributed by atoms with E-state index in [0.29, 0.717) is 16.7 Å². The first-order valence-corrected chi connectivity index (χ1v) is 10.3. The molecule has 5 aromatic rings. The number of fused-ring (bicyclic) bond motifs is 1. The largest absolute Gasteiger partial charge is 0.411 e. The number of carbonyl (C=O) groups is 1. The molecule has 0 aliphatic rings. The molecule has 6 nitrogen and oxygen atoms in total. The molecule has 0 bridgehead atoms. The Morgan fingerprint density at radius 1 is 0.933 bits per heavy atom. The van der Waals surface area contributed by atoms with E-state index in [1.165, 1.54) is 11.8 Å². The van der Waals surface area contributed by atoms with Crippen molar-refractivity contribution in [3.05, 3.63) is 84.7 Å². The Balaban J connectivity index is 1.42. The van der Waals surface area contributed by atoms with Gasteiger partial charge in [-0.25, -0.2) is 0 Å². The summed E-state index contributed by atoms with van der Waals surface area (Å²) in [5, 5.41) is 9.35. The van der Waals surface area contributed by atoms with Crippen LogP contribution in [0.4, 0.5) is 0 Å². The molecule has 3 heterocycles. The number of hydrogen-bond acceptors (Lipinski definition) is 6. The SMILES string of the molecule is O=C(CSc1nnc(-c2cccnc2)o1)c1c(-c2ccccc2)[nH]c2ccccc12. The van der Waals surface area contributed by atoms with Crippen molar-refractivity contribution in [2.24, 2.45) is 0 Å². The molecular weight excluding hydrogens is 396 g/mol. The van der Waals surface area contributed by atoms with Gasteiger partial charge in [-0.2, -0.15) is 0 Å². The molecule has 30 heavy (non-hydrogen) atoms. The van der Waals surface area contributed by atoms with E-state index < -0.39 is 0 Å². The van der Waals surface area contributed by atoms with Gasteiger partial charge in [-0.05, 0) is 23.8 Å². The standard InChI is InChI=1S/C23H16N4O2S/c28-19(14-30-23-27-26-22(29-23)16-9-6-12-24-13-16)20-17-10-4-5-11-18(17)25-21(20)15-7-2-1-3-8-15/h1-13,25H,14H2. The molecule has 0 aliphatic heterocycles. The number of ketones is 1. The fourth-order valence-corrected chi connectivity index (χ4v) is 3.96. The number of para-hydroxylation sites is 1. The highest BCUT2D eigenvalue weighted by atomic mass is 32.2. The van der Waals surface area contributed by atoms with Gasteiger partial charge in [-0.15, -0.1) is 10.2 Å². The van der Waals surface area contributed by atoms with Crippen LogP contribution in [0.15, 0.2) is 88.8 Å². The smallest absolute Gasteiger partial charge is 0.277 e. The second kappa shape index (κ2) is 7.96. The lowest BCUT2D eigenvalue weighted by Crippen LogP contribution is -2.03. The number of pyridine rings is 1. The van der Waals surface area contributed by atoms with Crippen molar-refractivity contribution in [1.29, 1.82) is 0 Å². The molecule has 1 N–H and O–H groups in total. The summed E-state index contributed by atoms with van der Waals surface area (Å²) in [5.41, 5.74) is 4.14. The number of H-pyrrole nitrogens is 1. The number of Topliss-reactive ketones (excluding diaryl/α,β-unsaturated/α-hetero) is 1. The molecule has 0 unspecified atom stereocenters. The number of nitrogens with zero attached hydrogens (tertiary/aromatic N) is 3. The van der Waals surface area contributed by atoms with E-state index in [1.54, 1.807) is 18.5 Å². The zero-order chi connectivity index (χ0) is 20.3. The quantitative estimate of drug-likeness (QED) is 0.303. The van der Waals surface area contributed by atoms with E-state index in [-0.39, 0.29) is 11.5 Å². The number of thioether (sulfide) groups is 1. The molecule has 0 aliphatic carbocycles. The number of aromatic amines is 1. The van der Waals surface area contributed by atoms with E-state index in [4.69, 9.17) is 4.42 Å². The van der Waals surface area contributed by atoms with Gasteiger partial charge in [0.05, 0.1) is 22.6 Å². The Labute approximate surface area is 176 Å². The van der Waals surface area contributed by atoms with Crippen LogP contribution >= 0.6 is 11.8 Å². The summed E-state index contributed by atoms with van der Waals surface area (Å²) in [4.78, 5) is 20.7. The van der Waals surface area contributed by atoms with Gasteiger partial charge in [-0.3, -0.25) is 9.78 Å². The second-order valence-corrected chi connectivity index (χ2v) is 7.54. The van der Waals surface area contributed by atoms with Crippen LogP contribution in [-0.4, -0.2) is 31.7 Å². The highest BCUT2D eigenvalue weighted by Gasteiger charge is 2.20. The summed E-state index contributed by atoms with van der Waals surface area (Å²) in [6.07, 6.45) is 3.34. The van der Waals surface area contributed by atoms with Crippen LogP contribution in [0.2, 0.25) is 0 Å². The van der Waals surface area contributed by atoms with E-state index >= 15 is 0 Å². The molecule has 3 aromatic heterocycles. The number of hydrogen-bond donors (Lipinski definition) is 1. The topological polar surface area (TPSA) is 84.7 Å². The third-order valence-corrected chi connectivity index (χ3v) is 5.51. The molecule has 2 aromatic carbocycles. The van der Waals surface area contributed by atoms with E-state index in [0.717, 1.165) is 27.7 Å². The minimum absolute atomic E-state index is 0.00238. The molecule has 0 saturated heterocycles. The Kier molecular flexibility index (Phi) is 4.86. The fourth-order valence-electron chi connectivity index (χ4n) is 3.33. The van der Waals surface area contributed by atoms with Gasteiger partial charge in [0, 0.05) is 23.3 Å². The van der Waals surface area contributed by atoms with E-state index in [1.807, 2.05) is 60.7 Å². The molecule has 5 rings (SSSR count). The van der Waals surface area contributed by atoms with Crippen LogP contribution in [0.25, 0.3) is 33.6 Å². The molecule has 7 heteroatoms. The Morgan fingerprint density at radius 2 is 1.73 bits per heavy atom. The van der Waals surface area contributed by atoms with Crippen molar-refractivity contribution in [3.8, 4) is 22.7 Å². The predicted molar refractivity (Wildman–Crippen MR) is 116 cm³/mol. The first-order valence-electron chi connectivity index (χ1n) is 9.35. The third-order valence-electron chi connectivity index (χ3n) is 4.69. The summed E-state index contributed by atoms with van der Waals surface area (Å²) in [6.45, 7) is 0. The maximum absolute atomic E-state index is 13.2. The summed E-state index contributed by atoms with van der Waals surface area (Å²) in [5.74, 6) is 0.573. The molecule has 0 spiro atoms. The van der Waals surface area contributed by atoms with Gasteiger partial charge >= 0.3 is 0 Å². The Hall–Kier alpha value is -3.71. The summed E-state index contributed by atoms with van der Waals surface area (Å²) in [6, 6.07) is 21.3. The number of benzene rings is 2. The number of rotatable bonds is 6. The van der Waals surface area contributed by atoms with Gasteiger partial charge in [0.15, 0.2) is 5.78 Å². The summed E-state index contributed by atoms with van der Waals surface area (Å²) in [7, 11) is 0. The molecular formula is C23H16N4O2S. The van der Waals surface area contributed by atoms with E-state index in [2.05, 4.69) is 20.2 Å². The second-order valence-electron chi connectivity index (χ2n) is 6.61. The maximum atomic E-state index is 13.2. The Bertz CT molecular complexity index is 1310. The normalized spacial score (nSPS) is 11.1. The van der Waals surface area contributed by atoms with Crippen LogP contribution in [0.3, 0.4) is 0 Å². The monoisotopic (exact) mass is 412 g/mol. The summed E-state index contributed by atoms with van der Waals surface area (Å²) < 4.78 is 5.68. The third kappa shape index (κ3) is 3.51. The highest BCUT2D eigenvalue weighted by molar-refractivity contribution is 7.99. The number of aromatic nitrogens is 4. The molecule has 0 saturated carbocycles. The average Bonchev–Trinajstić information content (AvgIpc) is 3.44. The van der Waals surface area contributed by atoms with Crippen LogP contribution in [0.1, 0.15) is 10.4 Å². The van der Waals surface area contributed by atoms with E-state index in [9.17, 15) is 4.79 Å². The molecule has 0 amide bonds. The van der Waals surface area contributed by atoms with Crippen molar-refractivity contribution < 1.29 is 9.21 Å². The van der Waals surface area contributed by atoms with Crippen LogP contribution in [-0.2, 0) is 0 Å². The highest BCUT2D eigenvalue weighted by Crippen LogP contribution is 2.32. The average molecular weight is 412 g/mol. The fraction of sp³-hybridized carbons (Fsp3) is 0.0435. The number of nitrogens with one attached hydrogen (secondary N) is 1. The molecule has 0 atom stereocenters. The number of carbonyl (C=O) groups excluding carboxylic acids is 1. The lowest BCUT2D eigenvalue weighted by molar-refractivity contribution is 0.102. The molecule has 0 fully saturated rings. The van der Waals surface area contributed by atoms with Crippen molar-refractivity contribution in [3.63, 3.8) is 0 Å². The predicted octanol–water partition coefficient (Wildman–Crippen LogP) is 5.25. The maximum Gasteiger partial charge on any atom is 0.277 e. The van der Waals surface area contributed by atoms with Crippen molar-refractivity contribution >= 4 is 28.4 Å². The summed E-state index contributed by atoms with van der Waals surface area (Å²) >= 11 is 1.23. The van der Waals surface area contributed by atoms with Crippen LogP contribution < -0.4 is 0 Å². The van der Waals surface area contributed by atoms with Gasteiger partial charge in [0.1, 0.15) is 0 Å².